The first-order chi connectivity index (χ1) is 10.0. The van der Waals surface area contributed by atoms with Gasteiger partial charge in [0.05, 0.1) is 0 Å². The number of imide groups is 1. The topological polar surface area (TPSA) is 90.5 Å². The Hall–Kier alpha value is -1.63. The number of hydrogen-bond acceptors (Lipinski definition) is 4. The number of nitrogens with zero attached hydrogens (tertiary/aromatic N) is 1. The molecule has 7 heteroatoms. The molecule has 3 aliphatic rings. The quantitative estimate of drug-likeness (QED) is 0.624. The van der Waals surface area contributed by atoms with Gasteiger partial charge in [-0.15, -0.1) is 0 Å². The van der Waals surface area contributed by atoms with E-state index in [0.717, 1.165) is 37.3 Å². The minimum atomic E-state index is -0.766. The lowest BCUT2D eigenvalue weighted by Crippen LogP contribution is -2.52. The van der Waals surface area contributed by atoms with Gasteiger partial charge in [-0.2, -0.15) is 0 Å². The lowest BCUT2D eigenvalue weighted by atomic mass is 9.97. The van der Waals surface area contributed by atoms with Crippen molar-refractivity contribution in [3.05, 3.63) is 0 Å². The van der Waals surface area contributed by atoms with Gasteiger partial charge < -0.3 is 16.0 Å². The minimum absolute atomic E-state index is 0.0844. The maximum Gasteiger partial charge on any atom is 0.325 e. The molecule has 7 nitrogen and oxygen atoms in total. The molecule has 2 heterocycles. The number of nitrogens with one attached hydrogen (secondary N) is 3. The second kappa shape index (κ2) is 5.29. The smallest absolute Gasteiger partial charge is 0.325 e. The van der Waals surface area contributed by atoms with E-state index in [0.29, 0.717) is 12.8 Å². The van der Waals surface area contributed by atoms with Gasteiger partial charge in [0, 0.05) is 12.6 Å². The molecule has 1 aliphatic carbocycles. The molecule has 4 amide bonds. The van der Waals surface area contributed by atoms with Crippen molar-refractivity contribution >= 4 is 17.8 Å². The summed E-state index contributed by atoms with van der Waals surface area (Å²) in [6.45, 7) is 3.23. The van der Waals surface area contributed by atoms with Crippen LogP contribution in [0.5, 0.6) is 0 Å². The van der Waals surface area contributed by atoms with Crippen LogP contribution in [0.2, 0.25) is 0 Å². The molecule has 0 aromatic carbocycles. The summed E-state index contributed by atoms with van der Waals surface area (Å²) in [4.78, 5) is 38.1. The average molecular weight is 294 g/mol. The first-order valence-electron chi connectivity index (χ1n) is 7.70. The van der Waals surface area contributed by atoms with Crippen molar-refractivity contribution in [2.45, 2.75) is 56.7 Å². The van der Waals surface area contributed by atoms with Crippen LogP contribution in [0.15, 0.2) is 0 Å². The number of hydrogen-bond donors (Lipinski definition) is 3. The predicted molar refractivity (Wildman–Crippen MR) is 75.5 cm³/mol. The number of urea groups is 1. The predicted octanol–water partition coefficient (Wildman–Crippen LogP) is -0.282. The molecule has 2 atom stereocenters. The molecule has 3 N–H and O–H groups in total. The van der Waals surface area contributed by atoms with Crippen molar-refractivity contribution in [2.24, 2.45) is 0 Å². The van der Waals surface area contributed by atoms with Crippen LogP contribution in [0.3, 0.4) is 0 Å². The van der Waals surface area contributed by atoms with Gasteiger partial charge in [0.15, 0.2) is 0 Å². The maximum atomic E-state index is 12.6. The van der Waals surface area contributed by atoms with E-state index in [2.05, 4.69) is 16.0 Å². The largest absolute Gasteiger partial charge is 0.350 e. The van der Waals surface area contributed by atoms with Crippen LogP contribution < -0.4 is 16.0 Å². The van der Waals surface area contributed by atoms with E-state index in [9.17, 15) is 14.4 Å². The zero-order valence-corrected chi connectivity index (χ0v) is 12.3. The van der Waals surface area contributed by atoms with E-state index in [-0.39, 0.29) is 17.9 Å². The third-order valence-electron chi connectivity index (χ3n) is 4.82. The molecule has 0 bridgehead atoms. The van der Waals surface area contributed by atoms with Crippen molar-refractivity contribution in [3.8, 4) is 0 Å². The summed E-state index contributed by atoms with van der Waals surface area (Å²) < 4.78 is 0. The molecule has 2 unspecified atom stereocenters. The van der Waals surface area contributed by atoms with Crippen LogP contribution >= 0.6 is 0 Å². The highest BCUT2D eigenvalue weighted by Crippen LogP contribution is 2.35. The van der Waals surface area contributed by atoms with Crippen molar-refractivity contribution in [2.75, 3.05) is 13.1 Å². The lowest BCUT2D eigenvalue weighted by molar-refractivity contribution is -0.138. The third kappa shape index (κ3) is 2.39. The van der Waals surface area contributed by atoms with Crippen molar-refractivity contribution in [1.29, 1.82) is 0 Å². The van der Waals surface area contributed by atoms with Crippen LogP contribution in [0.4, 0.5) is 4.79 Å². The summed E-state index contributed by atoms with van der Waals surface area (Å²) in [5, 5.41) is 8.87. The zero-order valence-electron chi connectivity index (χ0n) is 12.3. The van der Waals surface area contributed by atoms with E-state index in [1.54, 1.807) is 6.92 Å². The van der Waals surface area contributed by atoms with Crippen molar-refractivity contribution in [3.63, 3.8) is 0 Å². The molecule has 1 spiro atoms. The number of rotatable bonds is 3. The second-order valence-electron chi connectivity index (χ2n) is 6.27. The summed E-state index contributed by atoms with van der Waals surface area (Å²) in [5.74, 6) is -0.501. The molecule has 1 saturated carbocycles. The van der Waals surface area contributed by atoms with Crippen LogP contribution in [-0.4, -0.2) is 53.5 Å². The first kappa shape index (κ1) is 14.3. The van der Waals surface area contributed by atoms with Crippen LogP contribution in [0.1, 0.15) is 39.0 Å². The summed E-state index contributed by atoms with van der Waals surface area (Å²) in [7, 11) is 0. The number of amides is 4. The Morgan fingerprint density at radius 3 is 2.71 bits per heavy atom. The average Bonchev–Trinajstić information content (AvgIpc) is 3.14. The molecule has 2 saturated heterocycles. The Morgan fingerprint density at radius 2 is 2.10 bits per heavy atom. The molecular weight excluding hydrogens is 272 g/mol. The molecule has 3 rings (SSSR count). The molecule has 21 heavy (non-hydrogen) atoms. The van der Waals surface area contributed by atoms with E-state index >= 15 is 0 Å². The maximum absolute atomic E-state index is 12.6. The van der Waals surface area contributed by atoms with E-state index < -0.39 is 17.6 Å². The highest BCUT2D eigenvalue weighted by Gasteiger charge is 2.54. The van der Waals surface area contributed by atoms with E-state index in [1.165, 1.54) is 0 Å². The van der Waals surface area contributed by atoms with Crippen molar-refractivity contribution in [1.82, 2.24) is 20.9 Å². The number of carbonyl (C=O) groups excluding carboxylic acids is 3. The SMILES string of the molecule is CC(C(=O)NC1CCNC1)N1C(=O)NC2(CCCC2)C1=O. The Bertz CT molecular complexity index is 467. The second-order valence-corrected chi connectivity index (χ2v) is 6.27. The fraction of sp³-hybridized carbons (Fsp3) is 0.786. The number of carbonyl (C=O) groups is 3. The van der Waals surface area contributed by atoms with Gasteiger partial charge in [-0.25, -0.2) is 9.69 Å². The first-order valence-corrected chi connectivity index (χ1v) is 7.70. The van der Waals surface area contributed by atoms with E-state index in [1.807, 2.05) is 0 Å². The van der Waals surface area contributed by atoms with Gasteiger partial charge in [-0.1, -0.05) is 12.8 Å². The zero-order chi connectivity index (χ0) is 15.0. The lowest BCUT2D eigenvalue weighted by Gasteiger charge is -2.24. The Morgan fingerprint density at radius 1 is 1.38 bits per heavy atom. The summed E-state index contributed by atoms with van der Waals surface area (Å²) in [6.07, 6.45) is 4.11. The Kier molecular flexibility index (Phi) is 3.61. The van der Waals surface area contributed by atoms with Gasteiger partial charge in [-0.05, 0) is 32.7 Å². The summed E-state index contributed by atoms with van der Waals surface area (Å²) in [6, 6.07) is -1.12. The standard InChI is InChI=1S/C14H22N4O3/c1-9(11(19)16-10-4-7-15-8-10)18-12(20)14(17-13(18)21)5-2-3-6-14/h9-10,15H,2-8H2,1H3,(H,16,19)(H,17,21). The normalized spacial score (nSPS) is 29.0. The summed E-state index contributed by atoms with van der Waals surface area (Å²) >= 11 is 0. The minimum Gasteiger partial charge on any atom is -0.350 e. The van der Waals surface area contributed by atoms with Crippen LogP contribution in [-0.2, 0) is 9.59 Å². The van der Waals surface area contributed by atoms with E-state index in [4.69, 9.17) is 0 Å². The van der Waals surface area contributed by atoms with Gasteiger partial charge in [0.25, 0.3) is 5.91 Å². The molecule has 3 fully saturated rings. The fourth-order valence-electron chi connectivity index (χ4n) is 3.53. The molecule has 2 aliphatic heterocycles. The van der Waals surface area contributed by atoms with Crippen LogP contribution in [0, 0.1) is 0 Å². The molecule has 116 valence electrons. The highest BCUT2D eigenvalue weighted by atomic mass is 16.2. The summed E-state index contributed by atoms with van der Waals surface area (Å²) in [5.41, 5.74) is -0.749. The molecule has 0 aromatic heterocycles. The van der Waals surface area contributed by atoms with Gasteiger partial charge >= 0.3 is 6.03 Å². The van der Waals surface area contributed by atoms with Gasteiger partial charge in [0.2, 0.25) is 5.91 Å². The molecule has 0 radical (unpaired) electrons. The van der Waals surface area contributed by atoms with Crippen LogP contribution in [0.25, 0.3) is 0 Å². The third-order valence-corrected chi connectivity index (χ3v) is 4.82. The fourth-order valence-corrected chi connectivity index (χ4v) is 3.53. The van der Waals surface area contributed by atoms with Gasteiger partial charge in [-0.3, -0.25) is 9.59 Å². The highest BCUT2D eigenvalue weighted by molar-refractivity contribution is 6.09. The molecular formula is C14H22N4O3. The monoisotopic (exact) mass is 294 g/mol. The Labute approximate surface area is 123 Å². The molecule has 0 aromatic rings. The Balaban J connectivity index is 1.68. The van der Waals surface area contributed by atoms with Crippen molar-refractivity contribution < 1.29 is 14.4 Å². The van der Waals surface area contributed by atoms with Gasteiger partial charge in [0.1, 0.15) is 11.6 Å².